The van der Waals surface area contributed by atoms with E-state index in [1.165, 1.54) is 11.3 Å². The Hall–Kier alpha value is -1.88. The van der Waals surface area contributed by atoms with E-state index >= 15 is 0 Å². The third kappa shape index (κ3) is 3.12. The molecule has 0 aliphatic heterocycles. The van der Waals surface area contributed by atoms with E-state index in [0.29, 0.717) is 36.0 Å². The lowest BCUT2D eigenvalue weighted by Crippen LogP contribution is -2.04. The van der Waals surface area contributed by atoms with E-state index in [1.54, 1.807) is 29.1 Å². The van der Waals surface area contributed by atoms with Crippen LogP contribution < -0.4 is 9.47 Å². The van der Waals surface area contributed by atoms with Crippen molar-refractivity contribution in [2.75, 3.05) is 13.2 Å². The number of nitrogens with zero attached hydrogens (tertiary/aromatic N) is 1. The van der Waals surface area contributed by atoms with Crippen LogP contribution in [0, 0.1) is 0 Å². The van der Waals surface area contributed by atoms with Crippen LogP contribution in [0.3, 0.4) is 0 Å². The molecule has 2 aromatic rings. The van der Waals surface area contributed by atoms with Crippen LogP contribution in [-0.2, 0) is 0 Å². The number of benzene rings is 1. The Morgan fingerprint density at radius 1 is 1.21 bits per heavy atom. The zero-order chi connectivity index (χ0) is 13.7. The number of carbonyl (C=O) groups excluding carboxylic acids is 1. The van der Waals surface area contributed by atoms with Gasteiger partial charge in [-0.05, 0) is 32.0 Å². The number of ether oxygens (including phenoxy) is 2. The van der Waals surface area contributed by atoms with E-state index in [-0.39, 0.29) is 5.78 Å². The molecule has 19 heavy (non-hydrogen) atoms. The monoisotopic (exact) mass is 277 g/mol. The Morgan fingerprint density at radius 2 is 1.95 bits per heavy atom. The lowest BCUT2D eigenvalue weighted by Gasteiger charge is -2.11. The van der Waals surface area contributed by atoms with Crippen LogP contribution in [0.25, 0.3) is 0 Å². The highest BCUT2D eigenvalue weighted by atomic mass is 32.1. The standard InChI is InChI=1S/C14H15NO3S/c1-3-17-12-6-5-10(7-13(12)18-4-2)14(16)11-8-19-9-15-11/h5-9H,3-4H2,1-2H3. The van der Waals surface area contributed by atoms with Crippen molar-refractivity contribution in [3.8, 4) is 11.5 Å². The maximum Gasteiger partial charge on any atom is 0.212 e. The molecular weight excluding hydrogens is 262 g/mol. The third-order valence-corrected chi connectivity index (χ3v) is 3.06. The van der Waals surface area contributed by atoms with E-state index in [1.807, 2.05) is 13.8 Å². The highest BCUT2D eigenvalue weighted by Gasteiger charge is 2.14. The molecule has 0 radical (unpaired) electrons. The van der Waals surface area contributed by atoms with Gasteiger partial charge in [0.25, 0.3) is 0 Å². The van der Waals surface area contributed by atoms with Gasteiger partial charge in [0.05, 0.1) is 18.7 Å². The molecule has 1 heterocycles. The average Bonchev–Trinajstić information content (AvgIpc) is 2.94. The molecule has 0 saturated heterocycles. The summed E-state index contributed by atoms with van der Waals surface area (Å²) < 4.78 is 11.0. The average molecular weight is 277 g/mol. The summed E-state index contributed by atoms with van der Waals surface area (Å²) in [7, 11) is 0. The van der Waals surface area contributed by atoms with Crippen molar-refractivity contribution in [3.05, 3.63) is 40.3 Å². The molecule has 0 N–H and O–H groups in total. The van der Waals surface area contributed by atoms with Crippen molar-refractivity contribution < 1.29 is 14.3 Å². The van der Waals surface area contributed by atoms with Gasteiger partial charge in [-0.2, -0.15) is 0 Å². The SMILES string of the molecule is CCOc1ccc(C(=O)c2cscn2)cc1OCC. The number of carbonyl (C=O) groups is 1. The summed E-state index contributed by atoms with van der Waals surface area (Å²) in [6.07, 6.45) is 0. The molecule has 2 rings (SSSR count). The first-order chi connectivity index (χ1) is 9.26. The minimum absolute atomic E-state index is 0.106. The first-order valence-corrected chi connectivity index (χ1v) is 7.03. The lowest BCUT2D eigenvalue weighted by atomic mass is 10.1. The van der Waals surface area contributed by atoms with Crippen LogP contribution in [0.5, 0.6) is 11.5 Å². The highest BCUT2D eigenvalue weighted by molar-refractivity contribution is 7.07. The van der Waals surface area contributed by atoms with Gasteiger partial charge in [-0.1, -0.05) is 0 Å². The zero-order valence-corrected chi connectivity index (χ0v) is 11.7. The Morgan fingerprint density at radius 3 is 2.58 bits per heavy atom. The number of aromatic nitrogens is 1. The molecule has 0 unspecified atom stereocenters. The molecule has 100 valence electrons. The molecule has 5 heteroatoms. The third-order valence-electron chi connectivity index (χ3n) is 2.47. The van der Waals surface area contributed by atoms with Crippen LogP contribution in [0.2, 0.25) is 0 Å². The van der Waals surface area contributed by atoms with Gasteiger partial charge < -0.3 is 9.47 Å². The fourth-order valence-corrected chi connectivity index (χ4v) is 2.20. The van der Waals surface area contributed by atoms with Gasteiger partial charge >= 0.3 is 0 Å². The second-order valence-corrected chi connectivity index (χ2v) is 4.45. The number of thiazole rings is 1. The number of hydrogen-bond donors (Lipinski definition) is 0. The molecule has 0 spiro atoms. The summed E-state index contributed by atoms with van der Waals surface area (Å²) in [6.45, 7) is 4.88. The van der Waals surface area contributed by atoms with Crippen LogP contribution in [0.4, 0.5) is 0 Å². The van der Waals surface area contributed by atoms with E-state index in [4.69, 9.17) is 9.47 Å². The van der Waals surface area contributed by atoms with Gasteiger partial charge in [0.1, 0.15) is 5.69 Å². The fourth-order valence-electron chi connectivity index (χ4n) is 1.66. The molecule has 0 aliphatic carbocycles. The molecule has 0 aliphatic rings. The topological polar surface area (TPSA) is 48.4 Å². The maximum atomic E-state index is 12.2. The minimum atomic E-state index is -0.106. The highest BCUT2D eigenvalue weighted by Crippen LogP contribution is 2.29. The zero-order valence-electron chi connectivity index (χ0n) is 10.9. The van der Waals surface area contributed by atoms with Gasteiger partial charge in [-0.3, -0.25) is 4.79 Å². The van der Waals surface area contributed by atoms with Gasteiger partial charge in [-0.15, -0.1) is 11.3 Å². The molecule has 1 aromatic heterocycles. The minimum Gasteiger partial charge on any atom is -0.490 e. The van der Waals surface area contributed by atoms with Crippen LogP contribution in [-0.4, -0.2) is 24.0 Å². The predicted molar refractivity (Wildman–Crippen MR) is 74.3 cm³/mol. The molecular formula is C14H15NO3S. The van der Waals surface area contributed by atoms with E-state index in [9.17, 15) is 4.79 Å². The Balaban J connectivity index is 2.32. The molecule has 0 amide bonds. The van der Waals surface area contributed by atoms with E-state index in [2.05, 4.69) is 4.98 Å². The fraction of sp³-hybridized carbons (Fsp3) is 0.286. The molecule has 0 saturated carbocycles. The summed E-state index contributed by atoms with van der Waals surface area (Å²) in [5.74, 6) is 1.13. The van der Waals surface area contributed by atoms with Crippen LogP contribution >= 0.6 is 11.3 Å². The summed E-state index contributed by atoms with van der Waals surface area (Å²) in [6, 6.07) is 5.19. The van der Waals surface area contributed by atoms with Crippen molar-refractivity contribution in [2.24, 2.45) is 0 Å². The van der Waals surface area contributed by atoms with Crippen molar-refractivity contribution in [3.63, 3.8) is 0 Å². The summed E-state index contributed by atoms with van der Waals surface area (Å²) in [4.78, 5) is 16.2. The Bertz CT molecular complexity index is 552. The summed E-state index contributed by atoms with van der Waals surface area (Å²) in [5, 5.41) is 1.74. The van der Waals surface area contributed by atoms with E-state index in [0.717, 1.165) is 0 Å². The quantitative estimate of drug-likeness (QED) is 0.761. The molecule has 4 nitrogen and oxygen atoms in total. The van der Waals surface area contributed by atoms with E-state index < -0.39 is 0 Å². The smallest absolute Gasteiger partial charge is 0.212 e. The van der Waals surface area contributed by atoms with Crippen molar-refractivity contribution >= 4 is 17.1 Å². The second kappa shape index (κ2) is 6.33. The Labute approximate surface area is 116 Å². The molecule has 0 atom stereocenters. The summed E-state index contributed by atoms with van der Waals surface area (Å²) in [5.41, 5.74) is 2.65. The van der Waals surface area contributed by atoms with Gasteiger partial charge in [-0.25, -0.2) is 4.98 Å². The maximum absolute atomic E-state index is 12.2. The molecule has 0 bridgehead atoms. The van der Waals surface area contributed by atoms with Crippen molar-refractivity contribution in [1.29, 1.82) is 0 Å². The number of ketones is 1. The molecule has 0 fully saturated rings. The lowest BCUT2D eigenvalue weighted by molar-refractivity contribution is 0.103. The predicted octanol–water partition coefficient (Wildman–Crippen LogP) is 3.17. The normalized spacial score (nSPS) is 10.2. The largest absolute Gasteiger partial charge is 0.490 e. The number of hydrogen-bond acceptors (Lipinski definition) is 5. The number of rotatable bonds is 6. The van der Waals surface area contributed by atoms with Gasteiger partial charge in [0, 0.05) is 10.9 Å². The van der Waals surface area contributed by atoms with Crippen LogP contribution in [0.1, 0.15) is 29.9 Å². The first kappa shape index (κ1) is 13.5. The van der Waals surface area contributed by atoms with Crippen molar-refractivity contribution in [1.82, 2.24) is 4.98 Å². The Kier molecular flexibility index (Phi) is 4.52. The molecule has 1 aromatic carbocycles. The summed E-state index contributed by atoms with van der Waals surface area (Å²) >= 11 is 1.40. The van der Waals surface area contributed by atoms with Crippen LogP contribution in [0.15, 0.2) is 29.1 Å². The van der Waals surface area contributed by atoms with Gasteiger partial charge in [0.2, 0.25) is 5.78 Å². The first-order valence-electron chi connectivity index (χ1n) is 6.08. The second-order valence-electron chi connectivity index (χ2n) is 3.73. The van der Waals surface area contributed by atoms with Gasteiger partial charge in [0.15, 0.2) is 11.5 Å². The van der Waals surface area contributed by atoms with Crippen molar-refractivity contribution in [2.45, 2.75) is 13.8 Å².